The van der Waals surface area contributed by atoms with Gasteiger partial charge in [0.1, 0.15) is 13.2 Å². The molecule has 0 spiro atoms. The summed E-state index contributed by atoms with van der Waals surface area (Å²) in [5.41, 5.74) is -3.42. The first kappa shape index (κ1) is 39.6. The van der Waals surface area contributed by atoms with Crippen molar-refractivity contribution in [1.29, 1.82) is 0 Å². The molecule has 2 aromatic rings. The van der Waals surface area contributed by atoms with Crippen LogP contribution in [0.5, 0.6) is 0 Å². The lowest BCUT2D eigenvalue weighted by Crippen LogP contribution is -2.44. The summed E-state index contributed by atoms with van der Waals surface area (Å²) in [5.74, 6) is -6.62. The van der Waals surface area contributed by atoms with Crippen LogP contribution in [0, 0.1) is 0 Å². The smallest absolute Gasteiger partial charge is 0.423 e. The Morgan fingerprint density at radius 3 is 1.04 bits per heavy atom. The topological polar surface area (TPSA) is 146 Å². The molecule has 0 saturated carbocycles. The molecular weight excluding hydrogens is 700 g/mol. The van der Waals surface area contributed by atoms with Crippen LogP contribution < -0.4 is 0 Å². The molecule has 0 heterocycles. The molecule has 0 aliphatic heterocycles. The fraction of sp³-hybridized carbons (Fsp3) is 0.385. The molecule has 10 nitrogen and oxygen atoms in total. The summed E-state index contributed by atoms with van der Waals surface area (Å²) < 4.78 is 167. The molecule has 22 heteroatoms. The fourth-order valence-corrected chi connectivity index (χ4v) is 3.66. The first-order valence-electron chi connectivity index (χ1n) is 12.4. The van der Waals surface area contributed by atoms with E-state index in [0.717, 1.165) is 36.4 Å². The van der Waals surface area contributed by atoms with Crippen LogP contribution in [0.25, 0.3) is 11.1 Å². The van der Waals surface area contributed by atoms with Crippen LogP contribution in [0.15, 0.2) is 36.4 Å². The third-order valence-electron chi connectivity index (χ3n) is 5.66. The van der Waals surface area contributed by atoms with E-state index in [4.69, 9.17) is 0 Å². The first-order chi connectivity index (χ1) is 21.9. The monoisotopic (exact) mass is 718 g/mol. The highest BCUT2D eigenvalue weighted by Gasteiger charge is 2.58. The minimum Gasteiger partial charge on any atom is -0.478 e. The SMILES string of the molecule is O=C(O)c1cc(-c2ccc(C(=O)OCCOC(C(F)(F)F)C(F)(F)F)c(C(=O)O)c2)ccc1C(=O)OCCOC(C(F)(F)F)C(F)(F)F. The summed E-state index contributed by atoms with van der Waals surface area (Å²) in [6.07, 6.45) is -31.7. The number of carbonyl (C=O) groups excluding carboxylic acids is 2. The Morgan fingerprint density at radius 2 is 0.792 bits per heavy atom. The van der Waals surface area contributed by atoms with Crippen LogP contribution in [0.2, 0.25) is 0 Å². The van der Waals surface area contributed by atoms with Gasteiger partial charge >= 0.3 is 48.6 Å². The molecule has 0 saturated heterocycles. The Hall–Kier alpha value is -4.60. The van der Waals surface area contributed by atoms with Crippen molar-refractivity contribution in [2.75, 3.05) is 26.4 Å². The lowest BCUT2D eigenvalue weighted by atomic mass is 9.96. The molecule has 266 valence electrons. The van der Waals surface area contributed by atoms with Crippen LogP contribution in [-0.4, -0.2) is 97.4 Å². The maximum Gasteiger partial charge on any atom is 0.423 e. The van der Waals surface area contributed by atoms with Gasteiger partial charge in [0.25, 0.3) is 0 Å². The average molecular weight is 718 g/mol. The van der Waals surface area contributed by atoms with Gasteiger partial charge in [0, 0.05) is 0 Å². The number of rotatable bonds is 13. The zero-order chi connectivity index (χ0) is 36.8. The Kier molecular flexibility index (Phi) is 12.4. The maximum absolute atomic E-state index is 12.5. The van der Waals surface area contributed by atoms with Gasteiger partial charge < -0.3 is 29.2 Å². The highest BCUT2D eigenvalue weighted by Crippen LogP contribution is 2.36. The quantitative estimate of drug-likeness (QED) is 0.142. The molecule has 0 aliphatic rings. The number of hydrogen-bond acceptors (Lipinski definition) is 8. The van der Waals surface area contributed by atoms with Gasteiger partial charge in [-0.1, -0.05) is 12.1 Å². The summed E-state index contributed by atoms with van der Waals surface area (Å²) in [4.78, 5) is 48.2. The standard InChI is InChI=1S/C26H18F12O10/c27-23(28,29)21(24(30,31)32)47-7-5-45-19(43)13-3-1-11(9-15(13)17(39)40)12-2-4-14(16(10-12)18(41)42)20(44)46-6-8-48-22(25(33,34)35)26(36,37)38/h1-4,9-10,21-22H,5-8H2,(H,39,40)(H,41,42). The van der Waals surface area contributed by atoms with Crippen LogP contribution >= 0.6 is 0 Å². The van der Waals surface area contributed by atoms with Crippen LogP contribution in [0.3, 0.4) is 0 Å². The van der Waals surface area contributed by atoms with Crippen molar-refractivity contribution in [1.82, 2.24) is 0 Å². The van der Waals surface area contributed by atoms with E-state index < -0.39 is 109 Å². The van der Waals surface area contributed by atoms with E-state index in [-0.39, 0.29) is 11.1 Å². The second-order valence-corrected chi connectivity index (χ2v) is 9.07. The van der Waals surface area contributed by atoms with Crippen molar-refractivity contribution in [3.8, 4) is 11.1 Å². The molecule has 0 atom stereocenters. The summed E-state index contributed by atoms with van der Waals surface area (Å²) in [7, 11) is 0. The minimum atomic E-state index is -5.84. The van der Waals surface area contributed by atoms with E-state index in [1.807, 2.05) is 0 Å². The summed E-state index contributed by atoms with van der Waals surface area (Å²) in [6.45, 7) is -5.12. The predicted octanol–water partition coefficient (Wildman–Crippen LogP) is 6.08. The van der Waals surface area contributed by atoms with Gasteiger partial charge in [-0.3, -0.25) is 0 Å². The number of hydrogen-bond donors (Lipinski definition) is 2. The van der Waals surface area contributed by atoms with Crippen LogP contribution in [0.1, 0.15) is 41.4 Å². The van der Waals surface area contributed by atoms with Gasteiger partial charge in [0.2, 0.25) is 12.2 Å². The number of carboxylic acids is 2. The molecule has 0 amide bonds. The first-order valence-corrected chi connectivity index (χ1v) is 12.4. The third kappa shape index (κ3) is 10.7. The van der Waals surface area contributed by atoms with Gasteiger partial charge in [-0.25, -0.2) is 19.2 Å². The number of halogens is 12. The number of aromatic carboxylic acids is 2. The molecule has 2 aromatic carbocycles. The summed E-state index contributed by atoms with van der Waals surface area (Å²) in [5, 5.41) is 19.0. The molecule has 2 N–H and O–H groups in total. The molecule has 0 aromatic heterocycles. The van der Waals surface area contributed by atoms with E-state index in [1.54, 1.807) is 0 Å². The van der Waals surface area contributed by atoms with Crippen LogP contribution in [-0.2, 0) is 18.9 Å². The number of alkyl halides is 12. The largest absolute Gasteiger partial charge is 0.478 e. The zero-order valence-corrected chi connectivity index (χ0v) is 23.1. The Balaban J connectivity index is 2.20. The zero-order valence-electron chi connectivity index (χ0n) is 23.1. The highest BCUT2D eigenvalue weighted by molar-refractivity contribution is 6.05. The number of benzene rings is 2. The van der Waals surface area contributed by atoms with E-state index in [9.17, 15) is 82.1 Å². The van der Waals surface area contributed by atoms with Crippen molar-refractivity contribution in [2.24, 2.45) is 0 Å². The molecule has 0 aliphatic carbocycles. The lowest BCUT2D eigenvalue weighted by molar-refractivity contribution is -0.323. The van der Waals surface area contributed by atoms with Gasteiger partial charge in [0.05, 0.1) is 35.5 Å². The van der Waals surface area contributed by atoms with Crippen LogP contribution in [0.4, 0.5) is 52.7 Å². The van der Waals surface area contributed by atoms with Crippen molar-refractivity contribution >= 4 is 23.9 Å². The van der Waals surface area contributed by atoms with E-state index in [1.165, 1.54) is 0 Å². The minimum absolute atomic E-state index is 0.133. The van der Waals surface area contributed by atoms with Gasteiger partial charge in [-0.2, -0.15) is 52.7 Å². The number of ether oxygens (including phenoxy) is 4. The maximum atomic E-state index is 12.5. The molecule has 0 bridgehead atoms. The second kappa shape index (κ2) is 15.1. The average Bonchev–Trinajstić information content (AvgIpc) is 2.93. The van der Waals surface area contributed by atoms with Crippen molar-refractivity contribution in [2.45, 2.75) is 36.9 Å². The molecule has 2 rings (SSSR count). The van der Waals surface area contributed by atoms with Crippen molar-refractivity contribution in [3.63, 3.8) is 0 Å². The number of carbonyl (C=O) groups is 4. The fourth-order valence-electron chi connectivity index (χ4n) is 3.66. The molecule has 0 radical (unpaired) electrons. The van der Waals surface area contributed by atoms with E-state index in [0.29, 0.717) is 0 Å². The molecule has 0 unspecified atom stereocenters. The third-order valence-corrected chi connectivity index (χ3v) is 5.66. The Morgan fingerprint density at radius 1 is 0.500 bits per heavy atom. The van der Waals surface area contributed by atoms with E-state index >= 15 is 0 Å². The number of esters is 2. The molecule has 0 fully saturated rings. The Bertz CT molecular complexity index is 1360. The van der Waals surface area contributed by atoms with Gasteiger partial charge in [-0.15, -0.1) is 0 Å². The number of carboxylic acid groups (broad SMARTS) is 2. The van der Waals surface area contributed by atoms with Crippen molar-refractivity contribution < 1.29 is 101 Å². The van der Waals surface area contributed by atoms with Crippen molar-refractivity contribution in [3.05, 3.63) is 58.7 Å². The van der Waals surface area contributed by atoms with E-state index in [2.05, 4.69) is 18.9 Å². The second-order valence-electron chi connectivity index (χ2n) is 9.07. The predicted molar refractivity (Wildman–Crippen MR) is 130 cm³/mol. The Labute approximate surface area is 258 Å². The highest BCUT2D eigenvalue weighted by atomic mass is 19.4. The van der Waals surface area contributed by atoms with Gasteiger partial charge in [0.15, 0.2) is 0 Å². The molecule has 48 heavy (non-hydrogen) atoms. The van der Waals surface area contributed by atoms with Gasteiger partial charge in [-0.05, 0) is 35.4 Å². The molecular formula is C26H18F12O10. The summed E-state index contributed by atoms with van der Waals surface area (Å²) >= 11 is 0. The normalized spacial score (nSPS) is 12.7. The summed E-state index contributed by atoms with van der Waals surface area (Å²) in [6, 6.07) is 5.19. The lowest BCUT2D eigenvalue weighted by Gasteiger charge is -2.23.